The molecule has 17 heavy (non-hydrogen) atoms. The SMILES string of the molecule is O=C(Cc1cc(Cl)cc2c1OCC2)C(F)(F)F. The maximum Gasteiger partial charge on any atom is 0.450 e. The van der Waals surface area contributed by atoms with Gasteiger partial charge in [0.15, 0.2) is 0 Å². The lowest BCUT2D eigenvalue weighted by Crippen LogP contribution is -2.24. The molecule has 0 saturated heterocycles. The third kappa shape index (κ3) is 2.54. The molecule has 0 aromatic heterocycles. The number of ketones is 1. The van der Waals surface area contributed by atoms with E-state index in [0.717, 1.165) is 5.56 Å². The molecule has 2 rings (SSSR count). The van der Waals surface area contributed by atoms with Gasteiger partial charge in [0.05, 0.1) is 6.61 Å². The molecule has 1 aromatic rings. The third-order valence-corrected chi connectivity index (χ3v) is 2.71. The van der Waals surface area contributed by atoms with Crippen molar-refractivity contribution >= 4 is 17.4 Å². The van der Waals surface area contributed by atoms with Crippen molar-refractivity contribution in [3.63, 3.8) is 0 Å². The number of hydrogen-bond acceptors (Lipinski definition) is 2. The Balaban J connectivity index is 2.31. The molecule has 1 aliphatic heterocycles. The molecule has 0 radical (unpaired) electrons. The van der Waals surface area contributed by atoms with Crippen LogP contribution in [0.4, 0.5) is 13.2 Å². The van der Waals surface area contributed by atoms with Crippen LogP contribution in [0.1, 0.15) is 11.1 Å². The molecule has 1 heterocycles. The van der Waals surface area contributed by atoms with E-state index in [1.807, 2.05) is 0 Å². The second-order valence-corrected chi connectivity index (χ2v) is 4.19. The minimum atomic E-state index is -4.83. The average Bonchev–Trinajstić information content (AvgIpc) is 2.63. The number of alkyl halides is 3. The van der Waals surface area contributed by atoms with E-state index >= 15 is 0 Å². The number of halogens is 4. The first-order valence-electron chi connectivity index (χ1n) is 4.92. The molecule has 0 saturated carbocycles. The number of carbonyl (C=O) groups excluding carboxylic acids is 1. The number of benzene rings is 1. The van der Waals surface area contributed by atoms with Crippen LogP contribution in [0.25, 0.3) is 0 Å². The van der Waals surface area contributed by atoms with Crippen molar-refractivity contribution in [2.75, 3.05) is 6.61 Å². The van der Waals surface area contributed by atoms with E-state index in [0.29, 0.717) is 23.8 Å². The Morgan fingerprint density at radius 1 is 1.41 bits per heavy atom. The van der Waals surface area contributed by atoms with Crippen molar-refractivity contribution in [1.82, 2.24) is 0 Å². The summed E-state index contributed by atoms with van der Waals surface area (Å²) in [5.41, 5.74) is 0.954. The topological polar surface area (TPSA) is 26.3 Å². The van der Waals surface area contributed by atoms with E-state index in [4.69, 9.17) is 16.3 Å². The van der Waals surface area contributed by atoms with Gasteiger partial charge in [-0.25, -0.2) is 0 Å². The maximum absolute atomic E-state index is 12.2. The molecule has 6 heteroatoms. The fourth-order valence-electron chi connectivity index (χ4n) is 1.75. The summed E-state index contributed by atoms with van der Waals surface area (Å²) in [6.07, 6.45) is -4.96. The van der Waals surface area contributed by atoms with Crippen LogP contribution in [0.5, 0.6) is 5.75 Å². The number of hydrogen-bond donors (Lipinski definition) is 0. The van der Waals surface area contributed by atoms with Crippen molar-refractivity contribution in [1.29, 1.82) is 0 Å². The third-order valence-electron chi connectivity index (χ3n) is 2.49. The minimum absolute atomic E-state index is 0.201. The Kier molecular flexibility index (Phi) is 3.03. The number of carbonyl (C=O) groups is 1. The van der Waals surface area contributed by atoms with Gasteiger partial charge in [0.25, 0.3) is 0 Å². The highest BCUT2D eigenvalue weighted by Crippen LogP contribution is 2.34. The van der Waals surface area contributed by atoms with E-state index in [1.54, 1.807) is 6.07 Å². The highest BCUT2D eigenvalue weighted by molar-refractivity contribution is 6.30. The smallest absolute Gasteiger partial charge is 0.450 e. The van der Waals surface area contributed by atoms with Crippen molar-refractivity contribution in [3.05, 3.63) is 28.3 Å². The number of ether oxygens (including phenoxy) is 1. The lowest BCUT2D eigenvalue weighted by atomic mass is 10.0. The molecular weight excluding hydrogens is 257 g/mol. The molecule has 0 N–H and O–H groups in total. The van der Waals surface area contributed by atoms with E-state index < -0.39 is 18.4 Å². The maximum atomic E-state index is 12.2. The predicted molar refractivity (Wildman–Crippen MR) is 55.4 cm³/mol. The average molecular weight is 265 g/mol. The molecule has 1 aliphatic rings. The van der Waals surface area contributed by atoms with Crippen LogP contribution < -0.4 is 4.74 Å². The van der Waals surface area contributed by atoms with E-state index in [-0.39, 0.29) is 5.56 Å². The van der Waals surface area contributed by atoms with Gasteiger partial charge in [-0.05, 0) is 17.7 Å². The zero-order chi connectivity index (χ0) is 12.6. The number of rotatable bonds is 2. The molecule has 2 nitrogen and oxygen atoms in total. The Morgan fingerprint density at radius 2 is 2.12 bits per heavy atom. The van der Waals surface area contributed by atoms with Gasteiger partial charge in [0.1, 0.15) is 5.75 Å². The second kappa shape index (κ2) is 4.22. The molecule has 0 amide bonds. The Hall–Kier alpha value is -1.23. The first kappa shape index (κ1) is 12.2. The first-order valence-corrected chi connectivity index (χ1v) is 5.30. The Morgan fingerprint density at radius 3 is 2.76 bits per heavy atom. The van der Waals surface area contributed by atoms with Crippen molar-refractivity contribution in [3.8, 4) is 5.75 Å². The highest BCUT2D eigenvalue weighted by atomic mass is 35.5. The lowest BCUT2D eigenvalue weighted by molar-refractivity contribution is -0.170. The molecule has 0 unspecified atom stereocenters. The summed E-state index contributed by atoms with van der Waals surface area (Å²) in [5.74, 6) is -1.43. The summed E-state index contributed by atoms with van der Waals surface area (Å²) in [6, 6.07) is 2.99. The summed E-state index contributed by atoms with van der Waals surface area (Å²) in [4.78, 5) is 10.9. The Labute approximate surface area is 100 Å². The zero-order valence-corrected chi connectivity index (χ0v) is 9.36. The fraction of sp³-hybridized carbons (Fsp3) is 0.364. The van der Waals surface area contributed by atoms with E-state index in [1.165, 1.54) is 6.07 Å². The standard InChI is InChI=1S/C11H8ClF3O2/c12-8-3-6-1-2-17-10(6)7(4-8)5-9(16)11(13,14)15/h3-4H,1-2,5H2. The molecule has 92 valence electrons. The van der Waals surface area contributed by atoms with E-state index in [2.05, 4.69) is 0 Å². The van der Waals surface area contributed by atoms with Gasteiger partial charge in [-0.1, -0.05) is 11.6 Å². The van der Waals surface area contributed by atoms with Crippen molar-refractivity contribution < 1.29 is 22.7 Å². The fourth-order valence-corrected chi connectivity index (χ4v) is 2.01. The zero-order valence-electron chi connectivity index (χ0n) is 8.60. The van der Waals surface area contributed by atoms with Crippen LogP contribution in [0.2, 0.25) is 5.02 Å². The monoisotopic (exact) mass is 264 g/mol. The summed E-state index contributed by atoms with van der Waals surface area (Å²) in [5, 5.41) is 0.319. The van der Waals surface area contributed by atoms with Crippen LogP contribution in [0.15, 0.2) is 12.1 Å². The van der Waals surface area contributed by atoms with Gasteiger partial charge in [0, 0.05) is 23.4 Å². The quantitative estimate of drug-likeness (QED) is 0.821. The molecule has 0 fully saturated rings. The van der Waals surface area contributed by atoms with Gasteiger partial charge in [-0.15, -0.1) is 0 Å². The number of fused-ring (bicyclic) bond motifs is 1. The predicted octanol–water partition coefficient (Wildman–Crippen LogP) is 2.95. The molecule has 0 bridgehead atoms. The molecule has 0 spiro atoms. The van der Waals surface area contributed by atoms with Gasteiger partial charge >= 0.3 is 6.18 Å². The van der Waals surface area contributed by atoms with Crippen LogP contribution >= 0.6 is 11.6 Å². The highest BCUT2D eigenvalue weighted by Gasteiger charge is 2.38. The summed E-state index contributed by atoms with van der Waals surface area (Å²) >= 11 is 5.78. The van der Waals surface area contributed by atoms with Gasteiger partial charge in [0.2, 0.25) is 5.78 Å². The lowest BCUT2D eigenvalue weighted by Gasteiger charge is -2.09. The van der Waals surface area contributed by atoms with Crippen LogP contribution in [-0.2, 0) is 17.6 Å². The first-order chi connectivity index (χ1) is 7.88. The van der Waals surface area contributed by atoms with Gasteiger partial charge in [-0.3, -0.25) is 4.79 Å². The van der Waals surface area contributed by atoms with Crippen LogP contribution in [0.3, 0.4) is 0 Å². The van der Waals surface area contributed by atoms with E-state index in [9.17, 15) is 18.0 Å². The molecular formula is C11H8ClF3O2. The summed E-state index contributed by atoms with van der Waals surface area (Å²) < 4.78 is 41.7. The molecule has 0 atom stereocenters. The summed E-state index contributed by atoms with van der Waals surface area (Å²) in [7, 11) is 0. The van der Waals surface area contributed by atoms with Crippen molar-refractivity contribution in [2.24, 2.45) is 0 Å². The summed E-state index contributed by atoms with van der Waals surface area (Å²) in [6.45, 7) is 0.406. The largest absolute Gasteiger partial charge is 0.493 e. The number of Topliss-reactive ketones (excluding diaryl/α,β-unsaturated/α-hetero) is 1. The second-order valence-electron chi connectivity index (χ2n) is 3.75. The van der Waals surface area contributed by atoms with Gasteiger partial charge < -0.3 is 4.74 Å². The van der Waals surface area contributed by atoms with Crippen molar-refractivity contribution in [2.45, 2.75) is 19.0 Å². The minimum Gasteiger partial charge on any atom is -0.493 e. The normalized spacial score (nSPS) is 14.4. The molecule has 1 aromatic carbocycles. The van der Waals surface area contributed by atoms with Crippen LogP contribution in [-0.4, -0.2) is 18.6 Å². The molecule has 0 aliphatic carbocycles. The Bertz CT molecular complexity index is 469. The van der Waals surface area contributed by atoms with Gasteiger partial charge in [-0.2, -0.15) is 13.2 Å². The van der Waals surface area contributed by atoms with Crippen LogP contribution in [0, 0.1) is 0 Å².